The Morgan fingerprint density at radius 3 is 2.60 bits per heavy atom. The van der Waals surface area contributed by atoms with Gasteiger partial charge in [0, 0.05) is 6.42 Å². The quantitative estimate of drug-likeness (QED) is 0.748. The number of aromatic nitrogens is 2. The Balaban J connectivity index is 2.66. The summed E-state index contributed by atoms with van der Waals surface area (Å²) in [6.07, 6.45) is -0.134. The summed E-state index contributed by atoms with van der Waals surface area (Å²) in [7, 11) is 1.23. The van der Waals surface area contributed by atoms with Crippen LogP contribution in [0.2, 0.25) is 0 Å². The van der Waals surface area contributed by atoms with Crippen LogP contribution < -0.4 is 5.76 Å². The summed E-state index contributed by atoms with van der Waals surface area (Å²) in [5, 5.41) is 3.34. The van der Waals surface area contributed by atoms with Crippen molar-refractivity contribution in [3.05, 3.63) is 28.0 Å². The second-order valence-electron chi connectivity index (χ2n) is 4.35. The molecule has 0 aliphatic heterocycles. The van der Waals surface area contributed by atoms with E-state index < -0.39 is 35.8 Å². The number of hydrogen-bond donors (Lipinski definition) is 0. The Morgan fingerprint density at radius 1 is 1.45 bits per heavy atom. The van der Waals surface area contributed by atoms with Gasteiger partial charge in [-0.1, -0.05) is 12.1 Å². The molecule has 0 aliphatic rings. The van der Waals surface area contributed by atoms with Gasteiger partial charge in [0.1, 0.15) is 5.83 Å². The van der Waals surface area contributed by atoms with Crippen molar-refractivity contribution in [2.75, 3.05) is 7.11 Å². The number of esters is 1. The van der Waals surface area contributed by atoms with E-state index in [-0.39, 0.29) is 18.7 Å². The Morgan fingerprint density at radius 2 is 2.10 bits per heavy atom. The Kier molecular flexibility index (Phi) is 5.60. The maximum Gasteiger partial charge on any atom is 0.441 e. The molecule has 8 heteroatoms. The van der Waals surface area contributed by atoms with Gasteiger partial charge >= 0.3 is 11.7 Å². The summed E-state index contributed by atoms with van der Waals surface area (Å²) in [5.41, 5.74) is 0. The highest BCUT2D eigenvalue weighted by atomic mass is 19.2. The van der Waals surface area contributed by atoms with Crippen molar-refractivity contribution >= 4 is 5.97 Å². The third-order valence-electron chi connectivity index (χ3n) is 2.86. The third-order valence-corrected chi connectivity index (χ3v) is 2.86. The van der Waals surface area contributed by atoms with Gasteiger partial charge in [0.25, 0.3) is 0 Å². The van der Waals surface area contributed by atoms with E-state index in [4.69, 9.17) is 0 Å². The van der Waals surface area contributed by atoms with Gasteiger partial charge in [-0.15, -0.1) is 0 Å². The number of carbonyl (C=O) groups excluding carboxylic acids is 1. The molecule has 0 N–H and O–H groups in total. The van der Waals surface area contributed by atoms with Crippen LogP contribution in [-0.2, 0) is 16.1 Å². The molecule has 1 rings (SSSR count). The van der Waals surface area contributed by atoms with E-state index in [1.54, 1.807) is 6.92 Å². The number of ether oxygens (including phenoxy) is 1. The highest BCUT2D eigenvalue weighted by molar-refractivity contribution is 5.71. The minimum Gasteiger partial charge on any atom is -0.469 e. The van der Waals surface area contributed by atoms with Gasteiger partial charge < -0.3 is 4.74 Å². The number of hydrogen-bond acceptors (Lipinski definition) is 5. The summed E-state index contributed by atoms with van der Waals surface area (Å²) in [5.74, 6) is -3.80. The van der Waals surface area contributed by atoms with Crippen LogP contribution in [0, 0.1) is 12.8 Å². The lowest BCUT2D eigenvalue weighted by Gasteiger charge is -2.08. The standard InChI is InChI=1S/C12H16F2N2O4/c1-7(11(17)19-3)4-5-9(13)10(14)6-16-8(2)15-20-12(16)18/h7H,4-6H2,1-3H3/b10-9-. The molecule has 1 aromatic heterocycles. The Labute approximate surface area is 114 Å². The van der Waals surface area contributed by atoms with Gasteiger partial charge in [0.05, 0.1) is 19.6 Å². The van der Waals surface area contributed by atoms with Gasteiger partial charge in [-0.3, -0.25) is 13.9 Å². The molecule has 1 heterocycles. The normalized spacial score (nSPS) is 13.8. The molecule has 0 amide bonds. The molecule has 1 aromatic rings. The second kappa shape index (κ2) is 6.97. The Hall–Kier alpha value is -1.99. The van der Waals surface area contributed by atoms with Crippen LogP contribution in [0.5, 0.6) is 0 Å². The van der Waals surface area contributed by atoms with E-state index in [9.17, 15) is 18.4 Å². The molecule has 1 atom stereocenters. The average molecular weight is 290 g/mol. The first-order chi connectivity index (χ1) is 9.36. The zero-order chi connectivity index (χ0) is 15.3. The highest BCUT2D eigenvalue weighted by Crippen LogP contribution is 2.19. The molecule has 0 saturated heterocycles. The SMILES string of the molecule is COC(=O)C(C)CC/C(F)=C(/F)Cn1c(C)noc1=O. The van der Waals surface area contributed by atoms with Crippen molar-refractivity contribution in [1.82, 2.24) is 9.72 Å². The minimum absolute atomic E-state index is 0.115. The van der Waals surface area contributed by atoms with Crippen molar-refractivity contribution in [2.45, 2.75) is 33.2 Å². The topological polar surface area (TPSA) is 74.3 Å². The predicted molar refractivity (Wildman–Crippen MR) is 65.2 cm³/mol. The van der Waals surface area contributed by atoms with Crippen LogP contribution in [0.25, 0.3) is 0 Å². The maximum absolute atomic E-state index is 13.6. The lowest BCUT2D eigenvalue weighted by Crippen LogP contribution is -2.17. The van der Waals surface area contributed by atoms with Crippen LogP contribution >= 0.6 is 0 Å². The molecular formula is C12H16F2N2O4. The van der Waals surface area contributed by atoms with E-state index in [0.29, 0.717) is 0 Å². The number of allylic oxidation sites excluding steroid dienone is 2. The van der Waals surface area contributed by atoms with E-state index in [0.717, 1.165) is 4.57 Å². The predicted octanol–water partition coefficient (Wildman–Crippen LogP) is 1.88. The molecule has 0 fully saturated rings. The third kappa shape index (κ3) is 4.01. The second-order valence-corrected chi connectivity index (χ2v) is 4.35. The van der Waals surface area contributed by atoms with E-state index in [2.05, 4.69) is 14.4 Å². The van der Waals surface area contributed by atoms with Gasteiger partial charge in [0.15, 0.2) is 11.7 Å². The van der Waals surface area contributed by atoms with Crippen molar-refractivity contribution in [1.29, 1.82) is 0 Å². The monoisotopic (exact) mass is 290 g/mol. The van der Waals surface area contributed by atoms with Crippen LogP contribution in [-0.4, -0.2) is 22.8 Å². The van der Waals surface area contributed by atoms with Gasteiger partial charge in [-0.05, 0) is 13.3 Å². The van der Waals surface area contributed by atoms with Gasteiger partial charge in [-0.25, -0.2) is 13.6 Å². The van der Waals surface area contributed by atoms with E-state index >= 15 is 0 Å². The summed E-state index contributed by atoms with van der Waals surface area (Å²) in [4.78, 5) is 22.3. The molecular weight excluding hydrogens is 274 g/mol. The molecule has 20 heavy (non-hydrogen) atoms. The van der Waals surface area contributed by atoms with Gasteiger partial charge in [-0.2, -0.15) is 0 Å². The number of nitrogens with zero attached hydrogens (tertiary/aromatic N) is 2. The van der Waals surface area contributed by atoms with E-state index in [1.807, 2.05) is 0 Å². The fraction of sp³-hybridized carbons (Fsp3) is 0.583. The lowest BCUT2D eigenvalue weighted by atomic mass is 10.1. The minimum atomic E-state index is -1.09. The summed E-state index contributed by atoms with van der Waals surface area (Å²) < 4.78 is 36.8. The smallest absolute Gasteiger partial charge is 0.441 e. The number of halogens is 2. The average Bonchev–Trinajstić information content (AvgIpc) is 2.74. The molecule has 0 bridgehead atoms. The fourth-order valence-corrected chi connectivity index (χ4v) is 1.54. The van der Waals surface area contributed by atoms with Crippen molar-refractivity contribution in [3.63, 3.8) is 0 Å². The van der Waals surface area contributed by atoms with Crippen molar-refractivity contribution in [3.8, 4) is 0 Å². The molecule has 0 aliphatic carbocycles. The lowest BCUT2D eigenvalue weighted by molar-refractivity contribution is -0.145. The summed E-state index contributed by atoms with van der Waals surface area (Å²) >= 11 is 0. The first-order valence-electron chi connectivity index (χ1n) is 6.00. The van der Waals surface area contributed by atoms with Gasteiger partial charge in [0.2, 0.25) is 0 Å². The molecule has 0 spiro atoms. The number of methoxy groups -OCH3 is 1. The zero-order valence-corrected chi connectivity index (χ0v) is 11.5. The molecule has 0 saturated carbocycles. The van der Waals surface area contributed by atoms with Crippen LogP contribution in [0.1, 0.15) is 25.6 Å². The number of rotatable bonds is 6. The number of carbonyl (C=O) groups is 1. The van der Waals surface area contributed by atoms with Crippen molar-refractivity contribution in [2.24, 2.45) is 5.92 Å². The zero-order valence-electron chi connectivity index (χ0n) is 11.5. The molecule has 1 unspecified atom stereocenters. The molecule has 6 nitrogen and oxygen atoms in total. The Bertz CT molecular complexity index is 562. The highest BCUT2D eigenvalue weighted by Gasteiger charge is 2.17. The van der Waals surface area contributed by atoms with Crippen LogP contribution in [0.15, 0.2) is 21.0 Å². The largest absolute Gasteiger partial charge is 0.469 e. The molecule has 112 valence electrons. The molecule has 0 aromatic carbocycles. The van der Waals surface area contributed by atoms with Crippen molar-refractivity contribution < 1.29 is 22.8 Å². The fourth-order valence-electron chi connectivity index (χ4n) is 1.54. The van der Waals surface area contributed by atoms with E-state index in [1.165, 1.54) is 14.0 Å². The van der Waals surface area contributed by atoms with Crippen LogP contribution in [0.4, 0.5) is 8.78 Å². The first-order valence-corrected chi connectivity index (χ1v) is 6.00. The summed E-state index contributed by atoms with van der Waals surface area (Å²) in [6, 6.07) is 0. The molecule has 0 radical (unpaired) electrons. The van der Waals surface area contributed by atoms with Crippen LogP contribution in [0.3, 0.4) is 0 Å². The number of aryl methyl sites for hydroxylation is 1. The summed E-state index contributed by atoms with van der Waals surface area (Å²) in [6.45, 7) is 2.42. The maximum atomic E-state index is 13.6. The first kappa shape index (κ1) is 16.1.